The van der Waals surface area contributed by atoms with Gasteiger partial charge in [0.15, 0.2) is 0 Å². The third-order valence-electron chi connectivity index (χ3n) is 2.96. The predicted molar refractivity (Wildman–Crippen MR) is 82.3 cm³/mol. The average Bonchev–Trinajstić information content (AvgIpc) is 2.49. The van der Waals surface area contributed by atoms with Crippen LogP contribution in [0.15, 0.2) is 59.5 Å². The van der Waals surface area contributed by atoms with Crippen LogP contribution in [0.25, 0.3) is 0 Å². The van der Waals surface area contributed by atoms with E-state index in [0.717, 1.165) is 16.2 Å². The number of nitrogens with two attached hydrogens (primary N) is 1. The fraction of sp³-hybridized carbons (Fsp3) is 0.250. The molecule has 0 amide bonds. The molecule has 0 spiro atoms. The van der Waals surface area contributed by atoms with Crippen molar-refractivity contribution in [2.45, 2.75) is 17.9 Å². The molecule has 2 unspecified atom stereocenters. The van der Waals surface area contributed by atoms with Crippen LogP contribution >= 0.6 is 0 Å². The first kappa shape index (κ1) is 14.8. The molecule has 2 atom stereocenters. The average molecular weight is 289 g/mol. The molecule has 0 bridgehead atoms. The number of rotatable bonds is 6. The Hall–Kier alpha value is -1.65. The van der Waals surface area contributed by atoms with Crippen molar-refractivity contribution in [3.05, 3.63) is 60.2 Å². The van der Waals surface area contributed by atoms with Gasteiger partial charge in [-0.15, -0.1) is 0 Å². The maximum absolute atomic E-state index is 12.2. The van der Waals surface area contributed by atoms with Gasteiger partial charge in [0.25, 0.3) is 0 Å². The summed E-state index contributed by atoms with van der Waals surface area (Å²) < 4.78 is 17.6. The lowest BCUT2D eigenvalue weighted by Crippen LogP contribution is -2.18. The van der Waals surface area contributed by atoms with Crippen LogP contribution in [0.5, 0.6) is 5.75 Å². The molecule has 2 rings (SSSR count). The van der Waals surface area contributed by atoms with Crippen LogP contribution in [0.3, 0.4) is 0 Å². The minimum Gasteiger partial charge on any atom is -0.494 e. The van der Waals surface area contributed by atoms with E-state index in [1.807, 2.05) is 61.5 Å². The molecule has 0 fully saturated rings. The Morgan fingerprint density at radius 1 is 1.10 bits per heavy atom. The smallest absolute Gasteiger partial charge is 0.119 e. The molecule has 2 aromatic carbocycles. The van der Waals surface area contributed by atoms with Crippen molar-refractivity contribution in [3.8, 4) is 5.75 Å². The van der Waals surface area contributed by atoms with Gasteiger partial charge < -0.3 is 10.5 Å². The van der Waals surface area contributed by atoms with Crippen LogP contribution in [-0.2, 0) is 10.8 Å². The second-order valence-corrected chi connectivity index (χ2v) is 5.93. The highest BCUT2D eigenvalue weighted by Crippen LogP contribution is 2.19. The van der Waals surface area contributed by atoms with Crippen LogP contribution in [0.1, 0.15) is 18.5 Å². The molecular formula is C16H19NO2S. The van der Waals surface area contributed by atoms with E-state index in [1.165, 1.54) is 0 Å². The quantitative estimate of drug-likeness (QED) is 0.889. The third kappa shape index (κ3) is 3.92. The standard InChI is InChI=1S/C16H19NO2S/c1-2-19-14-10-8-13(9-11-14)16(17)12-20(18)15-6-4-3-5-7-15/h3-11,16H,2,12,17H2,1H3. The molecular weight excluding hydrogens is 270 g/mol. The van der Waals surface area contributed by atoms with E-state index in [1.54, 1.807) is 0 Å². The highest BCUT2D eigenvalue weighted by Gasteiger charge is 2.12. The van der Waals surface area contributed by atoms with E-state index < -0.39 is 10.8 Å². The first-order chi connectivity index (χ1) is 9.70. The Morgan fingerprint density at radius 3 is 2.35 bits per heavy atom. The summed E-state index contributed by atoms with van der Waals surface area (Å²) in [4.78, 5) is 0.814. The maximum atomic E-state index is 12.2. The van der Waals surface area contributed by atoms with E-state index in [-0.39, 0.29) is 6.04 Å². The monoisotopic (exact) mass is 289 g/mol. The second-order valence-electron chi connectivity index (χ2n) is 4.43. The highest BCUT2D eigenvalue weighted by atomic mass is 32.2. The van der Waals surface area contributed by atoms with Crippen LogP contribution in [0.4, 0.5) is 0 Å². The summed E-state index contributed by atoms with van der Waals surface area (Å²) in [6.07, 6.45) is 0. The van der Waals surface area contributed by atoms with E-state index in [2.05, 4.69) is 0 Å². The van der Waals surface area contributed by atoms with Crippen molar-refractivity contribution >= 4 is 10.8 Å². The molecule has 106 valence electrons. The minimum atomic E-state index is -1.08. The normalized spacial score (nSPS) is 13.7. The van der Waals surface area contributed by atoms with Crippen molar-refractivity contribution < 1.29 is 8.95 Å². The van der Waals surface area contributed by atoms with E-state index in [9.17, 15) is 4.21 Å². The maximum Gasteiger partial charge on any atom is 0.119 e. The lowest BCUT2D eigenvalue weighted by Gasteiger charge is -2.12. The second kappa shape index (κ2) is 7.22. The molecule has 2 aromatic rings. The van der Waals surface area contributed by atoms with Crippen molar-refractivity contribution in [2.75, 3.05) is 12.4 Å². The molecule has 3 nitrogen and oxygen atoms in total. The van der Waals surface area contributed by atoms with Crippen LogP contribution < -0.4 is 10.5 Å². The van der Waals surface area contributed by atoms with Gasteiger partial charge in [0.1, 0.15) is 5.75 Å². The Kier molecular flexibility index (Phi) is 5.32. The highest BCUT2D eigenvalue weighted by molar-refractivity contribution is 7.85. The number of ether oxygens (including phenoxy) is 1. The predicted octanol–water partition coefficient (Wildman–Crippen LogP) is 2.89. The Balaban J connectivity index is 2.01. The van der Waals surface area contributed by atoms with Crippen molar-refractivity contribution in [1.82, 2.24) is 0 Å². The molecule has 0 heterocycles. The van der Waals surface area contributed by atoms with Gasteiger partial charge >= 0.3 is 0 Å². The van der Waals surface area contributed by atoms with Crippen LogP contribution in [0, 0.1) is 0 Å². The lowest BCUT2D eigenvalue weighted by molar-refractivity contribution is 0.340. The zero-order valence-electron chi connectivity index (χ0n) is 11.5. The van der Waals surface area contributed by atoms with Gasteiger partial charge in [0.2, 0.25) is 0 Å². The molecule has 2 N–H and O–H groups in total. The Morgan fingerprint density at radius 2 is 1.75 bits per heavy atom. The number of hydrogen-bond donors (Lipinski definition) is 1. The summed E-state index contributed by atoms with van der Waals surface area (Å²) in [7, 11) is -1.08. The van der Waals surface area contributed by atoms with E-state index in [4.69, 9.17) is 10.5 Å². The SMILES string of the molecule is CCOc1ccc(C(N)CS(=O)c2ccccc2)cc1. The molecule has 0 aromatic heterocycles. The summed E-state index contributed by atoms with van der Waals surface area (Å²) in [5.41, 5.74) is 7.09. The van der Waals surface area contributed by atoms with Gasteiger partial charge in [-0.3, -0.25) is 4.21 Å². The number of hydrogen-bond acceptors (Lipinski definition) is 3. The Labute approximate surface area is 122 Å². The molecule has 0 aliphatic carbocycles. The van der Waals surface area contributed by atoms with Crippen LogP contribution in [0.2, 0.25) is 0 Å². The molecule has 0 radical (unpaired) electrons. The zero-order chi connectivity index (χ0) is 14.4. The van der Waals surface area contributed by atoms with Crippen molar-refractivity contribution in [1.29, 1.82) is 0 Å². The van der Waals surface area contributed by atoms with Gasteiger partial charge in [-0.1, -0.05) is 30.3 Å². The fourth-order valence-electron chi connectivity index (χ4n) is 1.91. The van der Waals surface area contributed by atoms with Gasteiger partial charge in [-0.25, -0.2) is 0 Å². The van der Waals surface area contributed by atoms with Crippen molar-refractivity contribution in [3.63, 3.8) is 0 Å². The van der Waals surface area contributed by atoms with Gasteiger partial charge in [-0.2, -0.15) is 0 Å². The zero-order valence-corrected chi connectivity index (χ0v) is 12.3. The molecule has 20 heavy (non-hydrogen) atoms. The lowest BCUT2D eigenvalue weighted by atomic mass is 10.1. The van der Waals surface area contributed by atoms with Gasteiger partial charge in [0, 0.05) is 16.7 Å². The molecule has 4 heteroatoms. The first-order valence-electron chi connectivity index (χ1n) is 6.62. The molecule has 0 saturated carbocycles. The minimum absolute atomic E-state index is 0.244. The topological polar surface area (TPSA) is 52.3 Å². The van der Waals surface area contributed by atoms with Crippen molar-refractivity contribution in [2.24, 2.45) is 5.73 Å². The molecule has 0 saturated heterocycles. The summed E-state index contributed by atoms with van der Waals surface area (Å²) in [5.74, 6) is 1.24. The fourth-order valence-corrected chi connectivity index (χ4v) is 3.08. The Bertz CT molecular complexity index is 554. The summed E-state index contributed by atoms with van der Waals surface area (Å²) in [6.45, 7) is 2.59. The molecule has 0 aliphatic rings. The van der Waals surface area contributed by atoms with E-state index >= 15 is 0 Å². The van der Waals surface area contributed by atoms with E-state index in [0.29, 0.717) is 12.4 Å². The summed E-state index contributed by atoms with van der Waals surface area (Å²) in [6, 6.07) is 16.8. The van der Waals surface area contributed by atoms with Crippen LogP contribution in [-0.4, -0.2) is 16.6 Å². The summed E-state index contributed by atoms with van der Waals surface area (Å²) >= 11 is 0. The number of benzene rings is 2. The largest absolute Gasteiger partial charge is 0.494 e. The summed E-state index contributed by atoms with van der Waals surface area (Å²) in [5, 5.41) is 0. The van der Waals surface area contributed by atoms with Gasteiger partial charge in [-0.05, 0) is 36.8 Å². The van der Waals surface area contributed by atoms with Gasteiger partial charge in [0.05, 0.1) is 17.4 Å². The third-order valence-corrected chi connectivity index (χ3v) is 4.42. The first-order valence-corrected chi connectivity index (χ1v) is 7.94. The molecule has 0 aliphatic heterocycles.